The molecule has 3 nitrogen and oxygen atoms in total. The van der Waals surface area contributed by atoms with Gasteiger partial charge in [0.05, 0.1) is 5.92 Å². The predicted octanol–water partition coefficient (Wildman–Crippen LogP) is 6.16. The summed E-state index contributed by atoms with van der Waals surface area (Å²) in [5.74, 6) is -5.64. The molecule has 0 amide bonds. The Labute approximate surface area is 154 Å². The van der Waals surface area contributed by atoms with Crippen LogP contribution in [0.25, 0.3) is 0 Å². The van der Waals surface area contributed by atoms with Gasteiger partial charge in [0.1, 0.15) is 5.75 Å². The summed E-state index contributed by atoms with van der Waals surface area (Å²) in [4.78, 5) is 12.2. The maximum Gasteiger partial charge on any atom is 0.573 e. The van der Waals surface area contributed by atoms with Crippen LogP contribution in [0.4, 0.5) is 22.0 Å². The van der Waals surface area contributed by atoms with E-state index >= 15 is 0 Å². The number of alkyl halides is 3. The first-order valence-corrected chi connectivity index (χ1v) is 9.16. The summed E-state index contributed by atoms with van der Waals surface area (Å²) in [6.45, 7) is 2.14. The summed E-state index contributed by atoms with van der Waals surface area (Å²) >= 11 is 0. The molecule has 27 heavy (non-hydrogen) atoms. The molecule has 0 unspecified atom stereocenters. The van der Waals surface area contributed by atoms with Gasteiger partial charge in [-0.3, -0.25) is 4.79 Å². The Hall–Kier alpha value is -1.86. The van der Waals surface area contributed by atoms with Gasteiger partial charge < -0.3 is 9.47 Å². The van der Waals surface area contributed by atoms with Crippen LogP contribution in [-0.2, 0) is 4.79 Å². The lowest BCUT2D eigenvalue weighted by atomic mass is 9.80. The van der Waals surface area contributed by atoms with E-state index in [4.69, 9.17) is 4.74 Å². The van der Waals surface area contributed by atoms with Gasteiger partial charge in [-0.15, -0.1) is 13.2 Å². The molecule has 2 rings (SSSR count). The Morgan fingerprint density at radius 3 is 2.19 bits per heavy atom. The quantitative estimate of drug-likeness (QED) is 0.241. The van der Waals surface area contributed by atoms with E-state index in [1.165, 1.54) is 12.8 Å². The van der Waals surface area contributed by atoms with Crippen molar-refractivity contribution < 1.29 is 36.2 Å². The maximum absolute atomic E-state index is 13.7. The van der Waals surface area contributed by atoms with Crippen LogP contribution in [0.5, 0.6) is 11.5 Å². The molecule has 152 valence electrons. The van der Waals surface area contributed by atoms with Crippen molar-refractivity contribution in [2.45, 2.75) is 64.7 Å². The molecule has 0 saturated heterocycles. The maximum atomic E-state index is 13.7. The fourth-order valence-corrected chi connectivity index (χ4v) is 3.38. The van der Waals surface area contributed by atoms with E-state index in [9.17, 15) is 26.7 Å². The first kappa shape index (κ1) is 21.4. The highest BCUT2D eigenvalue weighted by Crippen LogP contribution is 2.35. The van der Waals surface area contributed by atoms with Gasteiger partial charge in [0, 0.05) is 12.1 Å². The van der Waals surface area contributed by atoms with Crippen LogP contribution >= 0.6 is 0 Å². The summed E-state index contributed by atoms with van der Waals surface area (Å²) < 4.78 is 72.1. The number of hydrogen-bond acceptors (Lipinski definition) is 3. The second-order valence-corrected chi connectivity index (χ2v) is 6.90. The molecule has 0 heterocycles. The van der Waals surface area contributed by atoms with Gasteiger partial charge in [-0.2, -0.15) is 0 Å². The summed E-state index contributed by atoms with van der Waals surface area (Å²) in [5.41, 5.74) is 0. The number of ether oxygens (including phenoxy) is 2. The van der Waals surface area contributed by atoms with Crippen LogP contribution < -0.4 is 9.47 Å². The molecular weight excluding hydrogens is 371 g/mol. The standard InChI is InChI=1S/C19H23F5O3/c1-2-3-4-5-12-6-8-13(9-7-12)18(25)26-14-10-15(20)17(16(21)11-14)27-19(22,23)24/h10-13H,2-9H2,1H3. The molecule has 0 N–H and O–H groups in total. The van der Waals surface area contributed by atoms with Gasteiger partial charge in [-0.25, -0.2) is 8.78 Å². The lowest BCUT2D eigenvalue weighted by Crippen LogP contribution is -2.26. The smallest absolute Gasteiger partial charge is 0.426 e. The number of halogens is 5. The number of carbonyl (C=O) groups is 1. The molecule has 0 aliphatic heterocycles. The number of esters is 1. The fraction of sp³-hybridized carbons (Fsp3) is 0.632. The van der Waals surface area contributed by atoms with E-state index < -0.39 is 35.5 Å². The SMILES string of the molecule is CCCCCC1CCC(C(=O)Oc2cc(F)c(OC(F)(F)F)c(F)c2)CC1. The Balaban J connectivity index is 1.91. The van der Waals surface area contributed by atoms with E-state index in [1.54, 1.807) is 0 Å². The molecule has 8 heteroatoms. The zero-order valence-corrected chi connectivity index (χ0v) is 15.1. The highest BCUT2D eigenvalue weighted by atomic mass is 19.4. The second kappa shape index (κ2) is 9.37. The molecule has 1 aromatic carbocycles. The van der Waals surface area contributed by atoms with Crippen molar-refractivity contribution in [2.24, 2.45) is 11.8 Å². The third-order valence-electron chi connectivity index (χ3n) is 4.80. The largest absolute Gasteiger partial charge is 0.573 e. The summed E-state index contributed by atoms with van der Waals surface area (Å²) in [5, 5.41) is 0. The van der Waals surface area contributed by atoms with Gasteiger partial charge in [0.15, 0.2) is 11.6 Å². The van der Waals surface area contributed by atoms with E-state index in [-0.39, 0.29) is 5.92 Å². The van der Waals surface area contributed by atoms with Crippen molar-refractivity contribution in [3.63, 3.8) is 0 Å². The molecule has 1 aromatic rings. The second-order valence-electron chi connectivity index (χ2n) is 6.90. The van der Waals surface area contributed by atoms with Crippen molar-refractivity contribution >= 4 is 5.97 Å². The van der Waals surface area contributed by atoms with E-state index in [2.05, 4.69) is 11.7 Å². The topological polar surface area (TPSA) is 35.5 Å². The van der Waals surface area contributed by atoms with Gasteiger partial charge in [0.2, 0.25) is 5.75 Å². The third-order valence-corrected chi connectivity index (χ3v) is 4.80. The molecule has 0 bridgehead atoms. The average Bonchev–Trinajstić information content (AvgIpc) is 2.58. The van der Waals surface area contributed by atoms with E-state index in [0.717, 1.165) is 25.7 Å². The lowest BCUT2D eigenvalue weighted by Gasteiger charge is -2.27. The average molecular weight is 394 g/mol. The van der Waals surface area contributed by atoms with Crippen molar-refractivity contribution in [1.82, 2.24) is 0 Å². The van der Waals surface area contributed by atoms with Crippen LogP contribution in [0.15, 0.2) is 12.1 Å². The molecule has 1 aliphatic carbocycles. The molecule has 0 radical (unpaired) electrons. The van der Waals surface area contributed by atoms with Crippen LogP contribution in [0.2, 0.25) is 0 Å². The molecule has 1 aliphatic rings. The molecule has 0 aromatic heterocycles. The van der Waals surface area contributed by atoms with Crippen molar-refractivity contribution in [3.05, 3.63) is 23.8 Å². The van der Waals surface area contributed by atoms with Gasteiger partial charge in [-0.1, -0.05) is 32.6 Å². The zero-order chi connectivity index (χ0) is 20.0. The number of benzene rings is 1. The molecular formula is C19H23F5O3. The fourth-order valence-electron chi connectivity index (χ4n) is 3.38. The van der Waals surface area contributed by atoms with Crippen molar-refractivity contribution in [3.8, 4) is 11.5 Å². The van der Waals surface area contributed by atoms with Crippen molar-refractivity contribution in [2.75, 3.05) is 0 Å². The van der Waals surface area contributed by atoms with Gasteiger partial charge in [-0.05, 0) is 31.6 Å². The van der Waals surface area contributed by atoms with E-state index in [0.29, 0.717) is 30.9 Å². The first-order chi connectivity index (χ1) is 12.7. The van der Waals surface area contributed by atoms with Crippen LogP contribution in [-0.4, -0.2) is 12.3 Å². The molecule has 1 saturated carbocycles. The first-order valence-electron chi connectivity index (χ1n) is 9.16. The zero-order valence-electron chi connectivity index (χ0n) is 15.1. The van der Waals surface area contributed by atoms with E-state index in [1.807, 2.05) is 0 Å². The van der Waals surface area contributed by atoms with Gasteiger partial charge in [0.25, 0.3) is 0 Å². The van der Waals surface area contributed by atoms with Crippen LogP contribution in [0.3, 0.4) is 0 Å². The third kappa shape index (κ3) is 6.66. The minimum absolute atomic E-state index is 0.371. The minimum atomic E-state index is -5.23. The lowest BCUT2D eigenvalue weighted by molar-refractivity contribution is -0.276. The summed E-state index contributed by atoms with van der Waals surface area (Å²) in [6.07, 6.45) is 2.47. The van der Waals surface area contributed by atoms with Crippen LogP contribution in [0.1, 0.15) is 58.3 Å². The van der Waals surface area contributed by atoms with Gasteiger partial charge >= 0.3 is 12.3 Å². The number of hydrogen-bond donors (Lipinski definition) is 0. The molecule has 0 spiro atoms. The molecule has 1 fully saturated rings. The highest BCUT2D eigenvalue weighted by molar-refractivity contribution is 5.75. The monoisotopic (exact) mass is 394 g/mol. The molecule has 0 atom stereocenters. The Morgan fingerprint density at radius 2 is 1.67 bits per heavy atom. The highest BCUT2D eigenvalue weighted by Gasteiger charge is 2.34. The number of unbranched alkanes of at least 4 members (excludes halogenated alkanes) is 2. The number of carbonyl (C=O) groups excluding carboxylic acids is 1. The number of rotatable bonds is 7. The Bertz CT molecular complexity index is 614. The summed E-state index contributed by atoms with van der Waals surface area (Å²) in [6, 6.07) is 1.02. The van der Waals surface area contributed by atoms with Crippen LogP contribution in [0, 0.1) is 23.5 Å². The summed E-state index contributed by atoms with van der Waals surface area (Å²) in [7, 11) is 0. The Kier molecular flexibility index (Phi) is 7.44. The Morgan fingerprint density at radius 1 is 1.07 bits per heavy atom. The van der Waals surface area contributed by atoms with Crippen molar-refractivity contribution in [1.29, 1.82) is 0 Å². The predicted molar refractivity (Wildman–Crippen MR) is 88.3 cm³/mol. The normalized spacial score (nSPS) is 20.4. The minimum Gasteiger partial charge on any atom is -0.426 e.